The number of hydrogen-bond donors (Lipinski definition) is 0. The first-order valence-electron chi connectivity index (χ1n) is 17.1. The lowest BCUT2D eigenvalue weighted by Crippen LogP contribution is -2.46. The van der Waals surface area contributed by atoms with E-state index >= 15 is 4.39 Å². The van der Waals surface area contributed by atoms with Crippen LogP contribution in [0.1, 0.15) is 38.3 Å². The third-order valence-electron chi connectivity index (χ3n) is 9.47. The van der Waals surface area contributed by atoms with Crippen LogP contribution in [0.15, 0.2) is 84.2 Å². The van der Waals surface area contributed by atoms with Gasteiger partial charge in [-0.05, 0) is 61.4 Å². The lowest BCUT2D eigenvalue weighted by Gasteiger charge is -2.37. The van der Waals surface area contributed by atoms with Crippen molar-refractivity contribution < 1.29 is 18.6 Å². The molecule has 0 aliphatic carbocycles. The Balaban J connectivity index is 0.945. The summed E-state index contributed by atoms with van der Waals surface area (Å²) in [6, 6.07) is 18.0. The van der Waals surface area contributed by atoms with Gasteiger partial charge in [0.1, 0.15) is 37.1 Å². The van der Waals surface area contributed by atoms with Crippen molar-refractivity contribution in [2.75, 3.05) is 49.2 Å². The van der Waals surface area contributed by atoms with E-state index in [1.165, 1.54) is 10.9 Å². The summed E-state index contributed by atoms with van der Waals surface area (Å²) in [5, 5.41) is 13.6. The van der Waals surface area contributed by atoms with Gasteiger partial charge < -0.3 is 24.0 Å². The van der Waals surface area contributed by atoms with Gasteiger partial charge in [0, 0.05) is 48.5 Å². The van der Waals surface area contributed by atoms with Crippen LogP contribution in [-0.2, 0) is 21.8 Å². The maximum atomic E-state index is 15.5. The summed E-state index contributed by atoms with van der Waals surface area (Å²) in [4.78, 5) is 18.7. The molecule has 0 N–H and O–H groups in total. The van der Waals surface area contributed by atoms with Crippen LogP contribution in [0.25, 0.3) is 5.69 Å². The van der Waals surface area contributed by atoms with Crippen molar-refractivity contribution in [3.8, 4) is 11.4 Å². The van der Waals surface area contributed by atoms with Crippen LogP contribution < -0.4 is 20.2 Å². The lowest BCUT2D eigenvalue weighted by atomic mass is 10.1. The van der Waals surface area contributed by atoms with Crippen molar-refractivity contribution in [2.24, 2.45) is 0 Å². The summed E-state index contributed by atoms with van der Waals surface area (Å²) >= 11 is 12.7. The molecule has 268 valence electrons. The number of rotatable bonds is 12. The van der Waals surface area contributed by atoms with Gasteiger partial charge >= 0.3 is 5.69 Å². The van der Waals surface area contributed by atoms with Crippen molar-refractivity contribution in [2.45, 2.75) is 51.2 Å². The molecule has 2 aliphatic rings. The molecule has 12 nitrogen and oxygen atoms in total. The number of nitrogens with zero attached hydrogens (tertiary/aromatic N) is 8. The molecule has 4 heterocycles. The molecule has 51 heavy (non-hydrogen) atoms. The highest BCUT2D eigenvalue weighted by atomic mass is 35.5. The SMILES string of the molecule is CCC(CC)n1ncn(-c2ccc(N3CCN(c4ccc(OC[C@H]5CO[C@](Cn6nccn6)(c6ccc(Cl)cc6Cl)O5)cc4F)CC3)cc2)c1=O. The van der Waals surface area contributed by atoms with Crippen LogP contribution in [-0.4, -0.2) is 74.8 Å². The summed E-state index contributed by atoms with van der Waals surface area (Å²) in [6.45, 7) is 7.36. The molecule has 2 saturated heterocycles. The molecule has 3 aromatic carbocycles. The first-order chi connectivity index (χ1) is 24.8. The van der Waals surface area contributed by atoms with Gasteiger partial charge in [-0.1, -0.05) is 43.1 Å². The molecule has 2 aliphatic heterocycles. The maximum absolute atomic E-state index is 15.5. The Morgan fingerprint density at radius 1 is 0.922 bits per heavy atom. The van der Waals surface area contributed by atoms with E-state index in [4.69, 9.17) is 37.4 Å². The van der Waals surface area contributed by atoms with E-state index in [1.54, 1.807) is 58.3 Å². The third kappa shape index (κ3) is 7.34. The summed E-state index contributed by atoms with van der Waals surface area (Å²) in [6.07, 6.45) is 5.96. The van der Waals surface area contributed by atoms with E-state index in [-0.39, 0.29) is 37.3 Å². The molecule has 15 heteroatoms. The molecule has 0 radical (unpaired) electrons. The maximum Gasteiger partial charge on any atom is 0.350 e. The highest BCUT2D eigenvalue weighted by molar-refractivity contribution is 6.35. The number of ether oxygens (including phenoxy) is 3. The van der Waals surface area contributed by atoms with Gasteiger partial charge in [-0.2, -0.15) is 20.1 Å². The fraction of sp³-hybridized carbons (Fsp3) is 0.389. The van der Waals surface area contributed by atoms with Gasteiger partial charge in [0.2, 0.25) is 5.79 Å². The molecule has 0 spiro atoms. The molecule has 2 fully saturated rings. The van der Waals surface area contributed by atoms with Crippen LogP contribution >= 0.6 is 23.2 Å². The minimum atomic E-state index is -1.26. The smallest absolute Gasteiger partial charge is 0.350 e. The van der Waals surface area contributed by atoms with Crippen LogP contribution in [0.5, 0.6) is 5.75 Å². The Bertz CT molecular complexity index is 2000. The van der Waals surface area contributed by atoms with Crippen LogP contribution in [0.3, 0.4) is 0 Å². The lowest BCUT2D eigenvalue weighted by molar-refractivity contribution is -0.192. The number of hydrogen-bond acceptors (Lipinski definition) is 9. The summed E-state index contributed by atoms with van der Waals surface area (Å²) in [5.41, 5.74) is 2.80. The fourth-order valence-electron chi connectivity index (χ4n) is 6.70. The average Bonchev–Trinajstić information content (AvgIpc) is 3.90. The van der Waals surface area contributed by atoms with Crippen LogP contribution in [0, 0.1) is 5.82 Å². The molecule has 2 atom stereocenters. The van der Waals surface area contributed by atoms with Crippen LogP contribution in [0.4, 0.5) is 15.8 Å². The first kappa shape index (κ1) is 35.0. The second kappa shape index (κ2) is 15.0. The average molecular weight is 738 g/mol. The number of anilines is 2. The van der Waals surface area contributed by atoms with E-state index in [9.17, 15) is 4.79 Å². The topological polar surface area (TPSA) is 105 Å². The quantitative estimate of drug-likeness (QED) is 0.150. The van der Waals surface area contributed by atoms with E-state index < -0.39 is 11.9 Å². The van der Waals surface area contributed by atoms with Crippen LogP contribution in [0.2, 0.25) is 10.0 Å². The summed E-state index contributed by atoms with van der Waals surface area (Å²) in [7, 11) is 0. The zero-order valence-corrected chi connectivity index (χ0v) is 29.9. The van der Waals surface area contributed by atoms with E-state index in [0.717, 1.165) is 37.3 Å². The molecule has 5 aromatic rings. The van der Waals surface area contributed by atoms with Gasteiger partial charge in [0.05, 0.1) is 41.4 Å². The van der Waals surface area contributed by atoms with Gasteiger partial charge in [-0.3, -0.25) is 0 Å². The normalized spacial score (nSPS) is 19.3. The van der Waals surface area contributed by atoms with Gasteiger partial charge in [-0.15, -0.1) is 0 Å². The molecular formula is C36H39Cl2FN8O4. The highest BCUT2D eigenvalue weighted by Crippen LogP contribution is 2.40. The van der Waals surface area contributed by atoms with Crippen molar-refractivity contribution in [3.05, 3.63) is 111 Å². The molecule has 2 aromatic heterocycles. The Morgan fingerprint density at radius 3 is 2.31 bits per heavy atom. The predicted octanol–water partition coefficient (Wildman–Crippen LogP) is 6.11. The molecule has 0 unspecified atom stereocenters. The van der Waals surface area contributed by atoms with Gasteiger partial charge in [-0.25, -0.2) is 18.4 Å². The molecule has 0 saturated carbocycles. The standard InChI is InChI=1S/C36H39Cl2FN8O4/c1-3-26(4-2)47-35(48)45(24-42-47)28-8-6-27(7-9-28)43-15-17-44(18-16-43)34-12-10-29(20-33(34)39)49-21-30-22-50-36(51-30,23-46-40-13-14-41-46)31-11-5-25(37)19-32(31)38/h5-14,19-20,24,26,30H,3-4,15-18,21-23H2,1-2H3/t30-,36-/m0/s1. The zero-order chi connectivity index (χ0) is 35.5. The van der Waals surface area contributed by atoms with E-state index in [0.29, 0.717) is 40.1 Å². The van der Waals surface area contributed by atoms with Gasteiger partial charge in [0.25, 0.3) is 0 Å². The van der Waals surface area contributed by atoms with Crippen molar-refractivity contribution in [1.29, 1.82) is 0 Å². The van der Waals surface area contributed by atoms with Crippen molar-refractivity contribution in [3.63, 3.8) is 0 Å². The van der Waals surface area contributed by atoms with E-state index in [1.807, 2.05) is 29.2 Å². The highest BCUT2D eigenvalue weighted by Gasteiger charge is 2.46. The minimum absolute atomic E-state index is 0.0873. The summed E-state index contributed by atoms with van der Waals surface area (Å²) < 4.78 is 37.2. The minimum Gasteiger partial charge on any atom is -0.491 e. The van der Waals surface area contributed by atoms with Crippen molar-refractivity contribution >= 4 is 34.6 Å². The van der Waals surface area contributed by atoms with E-state index in [2.05, 4.69) is 34.0 Å². The monoisotopic (exact) mass is 736 g/mol. The predicted molar refractivity (Wildman–Crippen MR) is 193 cm³/mol. The van der Waals surface area contributed by atoms with Crippen molar-refractivity contribution in [1.82, 2.24) is 29.3 Å². The Kier molecular flexibility index (Phi) is 10.3. The Hall–Kier alpha value is -4.43. The zero-order valence-electron chi connectivity index (χ0n) is 28.4. The third-order valence-corrected chi connectivity index (χ3v) is 10.0. The Labute approximate surface area is 304 Å². The number of aromatic nitrogens is 6. The number of piperazine rings is 1. The molecule has 7 rings (SSSR count). The van der Waals surface area contributed by atoms with Gasteiger partial charge in [0.15, 0.2) is 0 Å². The number of halogens is 3. The molecule has 0 amide bonds. The second-order valence-corrected chi connectivity index (χ2v) is 13.4. The number of benzene rings is 3. The second-order valence-electron chi connectivity index (χ2n) is 12.6. The summed E-state index contributed by atoms with van der Waals surface area (Å²) in [5.74, 6) is -1.23. The molecular weight excluding hydrogens is 698 g/mol. The first-order valence-corrected chi connectivity index (χ1v) is 17.8. The largest absolute Gasteiger partial charge is 0.491 e. The Morgan fingerprint density at radius 2 is 1.63 bits per heavy atom. The molecule has 0 bridgehead atoms. The fourth-order valence-corrected chi connectivity index (χ4v) is 7.25.